The second kappa shape index (κ2) is 6.24. The summed E-state index contributed by atoms with van der Waals surface area (Å²) in [6.45, 7) is 3.15. The minimum absolute atomic E-state index is 0.943. The summed E-state index contributed by atoms with van der Waals surface area (Å²) in [6, 6.07) is 8.73. The zero-order valence-electron chi connectivity index (χ0n) is 11.2. The first kappa shape index (κ1) is 12.7. The Morgan fingerprint density at radius 2 is 1.89 bits per heavy atom. The molecular formula is C15H21N3. The molecule has 0 bridgehead atoms. The van der Waals surface area contributed by atoms with Crippen molar-refractivity contribution in [2.75, 3.05) is 11.9 Å². The lowest BCUT2D eigenvalue weighted by molar-refractivity contribution is 0.767. The molecule has 1 heterocycles. The normalized spacial score (nSPS) is 10.6. The van der Waals surface area contributed by atoms with Gasteiger partial charge in [0, 0.05) is 25.5 Å². The summed E-state index contributed by atoms with van der Waals surface area (Å²) in [4.78, 5) is 0. The van der Waals surface area contributed by atoms with E-state index in [1.54, 1.807) is 0 Å². The standard InChI is InChI=1S/C15H21N3/c1-3-4-13-5-7-15(8-6-13)16-10-9-14-11-17-18(2)12-14/h5-8,11-12,16H,3-4,9-10H2,1-2H3. The van der Waals surface area contributed by atoms with E-state index in [-0.39, 0.29) is 0 Å². The van der Waals surface area contributed by atoms with Gasteiger partial charge in [0.1, 0.15) is 0 Å². The number of nitrogens with zero attached hydrogens (tertiary/aromatic N) is 2. The van der Waals surface area contributed by atoms with Crippen molar-refractivity contribution in [2.24, 2.45) is 7.05 Å². The van der Waals surface area contributed by atoms with E-state index in [4.69, 9.17) is 0 Å². The third kappa shape index (κ3) is 3.62. The number of hydrogen-bond acceptors (Lipinski definition) is 2. The van der Waals surface area contributed by atoms with Crippen LogP contribution in [0.5, 0.6) is 0 Å². The first-order valence-corrected chi connectivity index (χ1v) is 6.58. The molecule has 2 rings (SSSR count). The molecule has 18 heavy (non-hydrogen) atoms. The Morgan fingerprint density at radius 1 is 1.11 bits per heavy atom. The maximum Gasteiger partial charge on any atom is 0.0522 e. The molecule has 0 fully saturated rings. The second-order valence-corrected chi connectivity index (χ2v) is 4.65. The summed E-state index contributed by atoms with van der Waals surface area (Å²) < 4.78 is 1.84. The van der Waals surface area contributed by atoms with Crippen molar-refractivity contribution >= 4 is 5.69 Å². The highest BCUT2D eigenvalue weighted by molar-refractivity contribution is 5.44. The van der Waals surface area contributed by atoms with Gasteiger partial charge in [-0.05, 0) is 36.1 Å². The zero-order chi connectivity index (χ0) is 12.8. The van der Waals surface area contributed by atoms with E-state index in [2.05, 4.69) is 47.8 Å². The molecule has 0 unspecified atom stereocenters. The van der Waals surface area contributed by atoms with Crippen LogP contribution in [0.25, 0.3) is 0 Å². The Kier molecular flexibility index (Phi) is 4.40. The number of nitrogens with one attached hydrogen (secondary N) is 1. The SMILES string of the molecule is CCCc1ccc(NCCc2cnn(C)c2)cc1. The van der Waals surface area contributed by atoms with Crippen molar-refractivity contribution in [3.8, 4) is 0 Å². The maximum absolute atomic E-state index is 4.16. The summed E-state index contributed by atoms with van der Waals surface area (Å²) in [7, 11) is 1.95. The molecule has 0 aliphatic rings. The van der Waals surface area contributed by atoms with Crippen molar-refractivity contribution in [1.29, 1.82) is 0 Å². The molecule has 1 N–H and O–H groups in total. The molecule has 0 spiro atoms. The minimum atomic E-state index is 0.943. The van der Waals surface area contributed by atoms with E-state index in [0.29, 0.717) is 0 Å². The van der Waals surface area contributed by atoms with Gasteiger partial charge in [-0.2, -0.15) is 5.10 Å². The lowest BCUT2D eigenvalue weighted by Gasteiger charge is -2.06. The molecule has 0 aliphatic heterocycles. The first-order valence-electron chi connectivity index (χ1n) is 6.58. The highest BCUT2D eigenvalue weighted by Crippen LogP contribution is 2.11. The van der Waals surface area contributed by atoms with Gasteiger partial charge in [0.25, 0.3) is 0 Å². The van der Waals surface area contributed by atoms with Crippen LogP contribution in [0.1, 0.15) is 24.5 Å². The summed E-state index contributed by atoms with van der Waals surface area (Å²) in [5, 5.41) is 7.60. The van der Waals surface area contributed by atoms with E-state index in [0.717, 1.165) is 19.4 Å². The smallest absolute Gasteiger partial charge is 0.0522 e. The van der Waals surface area contributed by atoms with Gasteiger partial charge >= 0.3 is 0 Å². The number of anilines is 1. The predicted molar refractivity (Wildman–Crippen MR) is 75.8 cm³/mol. The average molecular weight is 243 g/mol. The Labute approximate surface area is 109 Å². The predicted octanol–water partition coefficient (Wildman–Crippen LogP) is 3.03. The number of aryl methyl sites for hydroxylation is 2. The lowest BCUT2D eigenvalue weighted by atomic mass is 10.1. The van der Waals surface area contributed by atoms with Gasteiger partial charge in [-0.15, -0.1) is 0 Å². The van der Waals surface area contributed by atoms with Gasteiger partial charge in [-0.3, -0.25) is 4.68 Å². The Morgan fingerprint density at radius 3 is 2.50 bits per heavy atom. The lowest BCUT2D eigenvalue weighted by Crippen LogP contribution is -2.04. The van der Waals surface area contributed by atoms with Crippen LogP contribution in [0.3, 0.4) is 0 Å². The van der Waals surface area contributed by atoms with Crippen LogP contribution in [0, 0.1) is 0 Å². The van der Waals surface area contributed by atoms with Crippen LogP contribution >= 0.6 is 0 Å². The topological polar surface area (TPSA) is 29.9 Å². The molecule has 1 aromatic heterocycles. The summed E-state index contributed by atoms with van der Waals surface area (Å²) in [5.74, 6) is 0. The van der Waals surface area contributed by atoms with E-state index in [9.17, 15) is 0 Å². The molecule has 0 saturated carbocycles. The molecule has 0 aliphatic carbocycles. The molecule has 0 saturated heterocycles. The molecule has 3 heteroatoms. The minimum Gasteiger partial charge on any atom is -0.385 e. The molecule has 1 aromatic carbocycles. The summed E-state index contributed by atoms with van der Waals surface area (Å²) in [6.07, 6.45) is 7.35. The quantitative estimate of drug-likeness (QED) is 0.845. The number of benzene rings is 1. The van der Waals surface area contributed by atoms with E-state index < -0.39 is 0 Å². The molecule has 0 amide bonds. The monoisotopic (exact) mass is 243 g/mol. The van der Waals surface area contributed by atoms with Gasteiger partial charge in [0.2, 0.25) is 0 Å². The fourth-order valence-electron chi connectivity index (χ4n) is 2.03. The molecular weight excluding hydrogens is 222 g/mol. The summed E-state index contributed by atoms with van der Waals surface area (Å²) >= 11 is 0. The summed E-state index contributed by atoms with van der Waals surface area (Å²) in [5.41, 5.74) is 3.88. The van der Waals surface area contributed by atoms with Crippen LogP contribution in [0.2, 0.25) is 0 Å². The van der Waals surface area contributed by atoms with Crippen LogP contribution in [-0.2, 0) is 19.9 Å². The third-order valence-corrected chi connectivity index (χ3v) is 2.99. The number of rotatable bonds is 6. The third-order valence-electron chi connectivity index (χ3n) is 2.99. The molecule has 2 aromatic rings. The van der Waals surface area contributed by atoms with Crippen molar-refractivity contribution in [1.82, 2.24) is 9.78 Å². The van der Waals surface area contributed by atoms with Crippen molar-refractivity contribution in [3.63, 3.8) is 0 Å². The fraction of sp³-hybridized carbons (Fsp3) is 0.400. The average Bonchev–Trinajstić information content (AvgIpc) is 2.78. The van der Waals surface area contributed by atoms with E-state index >= 15 is 0 Å². The molecule has 0 atom stereocenters. The highest BCUT2D eigenvalue weighted by Gasteiger charge is 1.97. The number of hydrogen-bond donors (Lipinski definition) is 1. The Balaban J connectivity index is 1.79. The second-order valence-electron chi connectivity index (χ2n) is 4.65. The largest absolute Gasteiger partial charge is 0.385 e. The van der Waals surface area contributed by atoms with Crippen molar-refractivity contribution in [3.05, 3.63) is 47.8 Å². The van der Waals surface area contributed by atoms with Crippen LogP contribution in [-0.4, -0.2) is 16.3 Å². The molecule has 0 radical (unpaired) electrons. The number of aromatic nitrogens is 2. The van der Waals surface area contributed by atoms with Gasteiger partial charge in [0.05, 0.1) is 6.20 Å². The van der Waals surface area contributed by atoms with Crippen LogP contribution in [0.4, 0.5) is 5.69 Å². The highest BCUT2D eigenvalue weighted by atomic mass is 15.2. The molecule has 3 nitrogen and oxygen atoms in total. The van der Waals surface area contributed by atoms with Gasteiger partial charge in [-0.1, -0.05) is 25.5 Å². The Hall–Kier alpha value is -1.77. The first-order chi connectivity index (χ1) is 8.78. The van der Waals surface area contributed by atoms with Crippen molar-refractivity contribution in [2.45, 2.75) is 26.2 Å². The molecule has 96 valence electrons. The Bertz CT molecular complexity index is 471. The van der Waals surface area contributed by atoms with Crippen LogP contribution in [0.15, 0.2) is 36.7 Å². The zero-order valence-corrected chi connectivity index (χ0v) is 11.2. The van der Waals surface area contributed by atoms with Gasteiger partial charge < -0.3 is 5.32 Å². The van der Waals surface area contributed by atoms with E-state index in [1.165, 1.54) is 23.2 Å². The van der Waals surface area contributed by atoms with E-state index in [1.807, 2.05) is 17.9 Å². The van der Waals surface area contributed by atoms with Gasteiger partial charge in [-0.25, -0.2) is 0 Å². The fourth-order valence-corrected chi connectivity index (χ4v) is 2.03. The van der Waals surface area contributed by atoms with Crippen molar-refractivity contribution < 1.29 is 0 Å². The van der Waals surface area contributed by atoms with Gasteiger partial charge in [0.15, 0.2) is 0 Å². The maximum atomic E-state index is 4.16. The van der Waals surface area contributed by atoms with Crippen LogP contribution < -0.4 is 5.32 Å².